The fraction of sp³-hybridized carbons (Fsp3) is 0.650. The fourth-order valence-corrected chi connectivity index (χ4v) is 2.88. The SMILES string of the molecule is CC(O)C(N)C(=O)NC(CCC(=O)O)C(=O)NC(CCC(N)=O)C(=O)NC(CCCN=C(N)N)C(=O)O. The molecular formula is C20H36N8O9. The van der Waals surface area contributed by atoms with Crippen molar-refractivity contribution >= 4 is 41.5 Å². The number of nitrogens with two attached hydrogens (primary N) is 4. The van der Waals surface area contributed by atoms with Crippen LogP contribution in [0.25, 0.3) is 0 Å². The summed E-state index contributed by atoms with van der Waals surface area (Å²) in [5, 5.41) is 34.6. The zero-order chi connectivity index (χ0) is 28.7. The van der Waals surface area contributed by atoms with Gasteiger partial charge in [0.25, 0.3) is 0 Å². The van der Waals surface area contributed by atoms with Gasteiger partial charge in [0.1, 0.15) is 24.2 Å². The van der Waals surface area contributed by atoms with Crippen molar-refractivity contribution in [2.45, 2.75) is 75.7 Å². The van der Waals surface area contributed by atoms with Gasteiger partial charge in [0.05, 0.1) is 6.10 Å². The van der Waals surface area contributed by atoms with Crippen LogP contribution < -0.4 is 38.9 Å². The molecule has 5 atom stereocenters. The van der Waals surface area contributed by atoms with E-state index in [1.165, 1.54) is 6.92 Å². The van der Waals surface area contributed by atoms with Crippen LogP contribution in [0.1, 0.15) is 45.4 Å². The molecule has 0 bridgehead atoms. The Hall–Kier alpha value is -3.99. The number of aliphatic carboxylic acids is 2. The number of amides is 4. The van der Waals surface area contributed by atoms with E-state index >= 15 is 0 Å². The van der Waals surface area contributed by atoms with Crippen molar-refractivity contribution in [1.82, 2.24) is 16.0 Å². The number of hydrogen-bond donors (Lipinski definition) is 10. The molecule has 0 aliphatic carbocycles. The van der Waals surface area contributed by atoms with Gasteiger partial charge in [-0.2, -0.15) is 0 Å². The summed E-state index contributed by atoms with van der Waals surface area (Å²) in [7, 11) is 0. The number of rotatable bonds is 18. The molecule has 5 unspecified atom stereocenters. The van der Waals surface area contributed by atoms with Gasteiger partial charge >= 0.3 is 11.9 Å². The Morgan fingerprint density at radius 1 is 0.784 bits per heavy atom. The number of aliphatic imine (C=N–C) groups is 1. The van der Waals surface area contributed by atoms with Crippen LogP contribution in [-0.4, -0.2) is 93.7 Å². The largest absolute Gasteiger partial charge is 0.481 e. The normalized spacial score (nSPS) is 14.7. The first-order valence-corrected chi connectivity index (χ1v) is 11.3. The van der Waals surface area contributed by atoms with E-state index in [1.54, 1.807) is 0 Å². The lowest BCUT2D eigenvalue weighted by Crippen LogP contribution is -2.58. The number of aliphatic hydroxyl groups is 1. The number of carbonyl (C=O) groups is 6. The smallest absolute Gasteiger partial charge is 0.326 e. The Bertz CT molecular complexity index is 861. The summed E-state index contributed by atoms with van der Waals surface area (Å²) in [6.07, 6.45) is -2.77. The molecule has 4 amide bonds. The Morgan fingerprint density at radius 3 is 1.70 bits per heavy atom. The minimum atomic E-state index is -1.48. The zero-order valence-electron chi connectivity index (χ0n) is 20.4. The highest BCUT2D eigenvalue weighted by molar-refractivity contribution is 5.94. The van der Waals surface area contributed by atoms with Gasteiger partial charge in [0, 0.05) is 19.4 Å². The van der Waals surface area contributed by atoms with E-state index in [9.17, 15) is 39.0 Å². The van der Waals surface area contributed by atoms with Gasteiger partial charge in [-0.05, 0) is 32.6 Å². The third-order valence-electron chi connectivity index (χ3n) is 4.97. The van der Waals surface area contributed by atoms with Crippen molar-refractivity contribution in [2.75, 3.05) is 6.54 Å². The van der Waals surface area contributed by atoms with E-state index in [0.717, 1.165) is 0 Å². The first-order valence-electron chi connectivity index (χ1n) is 11.3. The fourth-order valence-electron chi connectivity index (χ4n) is 2.88. The summed E-state index contributed by atoms with van der Waals surface area (Å²) >= 11 is 0. The summed E-state index contributed by atoms with van der Waals surface area (Å²) in [5.41, 5.74) is 21.1. The molecule has 0 aliphatic heterocycles. The highest BCUT2D eigenvalue weighted by Gasteiger charge is 2.31. The van der Waals surface area contributed by atoms with E-state index < -0.39 is 78.7 Å². The highest BCUT2D eigenvalue weighted by atomic mass is 16.4. The molecule has 0 saturated carbocycles. The van der Waals surface area contributed by atoms with Gasteiger partial charge < -0.3 is 54.2 Å². The van der Waals surface area contributed by atoms with Crippen LogP contribution in [0.3, 0.4) is 0 Å². The summed E-state index contributed by atoms with van der Waals surface area (Å²) < 4.78 is 0. The lowest BCUT2D eigenvalue weighted by atomic mass is 10.1. The van der Waals surface area contributed by atoms with Gasteiger partial charge in [-0.1, -0.05) is 0 Å². The molecule has 0 rings (SSSR count). The molecule has 0 saturated heterocycles. The summed E-state index contributed by atoms with van der Waals surface area (Å²) in [5.74, 6) is -6.58. The maximum absolute atomic E-state index is 12.9. The highest BCUT2D eigenvalue weighted by Crippen LogP contribution is 2.06. The second-order valence-electron chi connectivity index (χ2n) is 8.17. The van der Waals surface area contributed by atoms with Crippen molar-refractivity contribution in [3.05, 3.63) is 0 Å². The van der Waals surface area contributed by atoms with Crippen LogP contribution in [0.2, 0.25) is 0 Å². The maximum atomic E-state index is 12.9. The van der Waals surface area contributed by atoms with E-state index in [-0.39, 0.29) is 38.2 Å². The van der Waals surface area contributed by atoms with Gasteiger partial charge in [-0.15, -0.1) is 0 Å². The number of guanidine groups is 1. The molecule has 14 N–H and O–H groups in total. The molecule has 37 heavy (non-hydrogen) atoms. The molecular weight excluding hydrogens is 496 g/mol. The third kappa shape index (κ3) is 14.2. The standard InChI is InChI=1S/C20H36N8O9/c1-9(29)15(22)18(35)27-11(5-7-14(31)32)16(33)26-10(4-6-13(21)30)17(34)28-12(19(36)37)3-2-8-25-20(23)24/h9-12,15,29H,2-8,22H2,1H3,(H2,21,30)(H,26,33)(H,27,35)(H,28,34)(H,31,32)(H,36,37)(H4,23,24,25). The molecule has 0 aromatic rings. The Kier molecular flexibility index (Phi) is 14.8. The number of aliphatic hydroxyl groups excluding tert-OH is 1. The van der Waals surface area contributed by atoms with Crippen LogP contribution in [0.15, 0.2) is 4.99 Å². The second kappa shape index (κ2) is 16.6. The topological polar surface area (TPSA) is 316 Å². The summed E-state index contributed by atoms with van der Waals surface area (Å²) in [6.45, 7) is 1.33. The van der Waals surface area contributed by atoms with Gasteiger partial charge in [0.2, 0.25) is 23.6 Å². The average molecular weight is 533 g/mol. The van der Waals surface area contributed by atoms with E-state index in [1.807, 2.05) is 0 Å². The van der Waals surface area contributed by atoms with E-state index in [0.29, 0.717) is 0 Å². The minimum absolute atomic E-state index is 0.0666. The number of nitrogens with one attached hydrogen (secondary N) is 3. The third-order valence-corrected chi connectivity index (χ3v) is 4.97. The molecule has 210 valence electrons. The van der Waals surface area contributed by atoms with Crippen LogP contribution in [0.4, 0.5) is 0 Å². The average Bonchev–Trinajstić information content (AvgIpc) is 2.79. The number of primary amides is 1. The van der Waals surface area contributed by atoms with Gasteiger partial charge in [0.15, 0.2) is 5.96 Å². The van der Waals surface area contributed by atoms with Crippen LogP contribution in [0, 0.1) is 0 Å². The number of hydrogen-bond acceptors (Lipinski definition) is 9. The summed E-state index contributed by atoms with van der Waals surface area (Å²) in [6, 6.07) is -5.76. The van der Waals surface area contributed by atoms with E-state index in [2.05, 4.69) is 20.9 Å². The number of nitrogens with zero attached hydrogens (tertiary/aromatic N) is 1. The number of carbonyl (C=O) groups excluding carboxylic acids is 4. The van der Waals surface area contributed by atoms with Gasteiger partial charge in [-0.25, -0.2) is 4.79 Å². The van der Waals surface area contributed by atoms with Crippen molar-refractivity contribution in [3.8, 4) is 0 Å². The molecule has 0 fully saturated rings. The van der Waals surface area contributed by atoms with Gasteiger partial charge in [-0.3, -0.25) is 29.0 Å². The summed E-state index contributed by atoms with van der Waals surface area (Å²) in [4.78, 5) is 75.4. The predicted octanol–water partition coefficient (Wildman–Crippen LogP) is -4.58. The molecule has 17 nitrogen and oxygen atoms in total. The molecule has 0 spiro atoms. The van der Waals surface area contributed by atoms with Crippen LogP contribution in [-0.2, 0) is 28.8 Å². The number of carboxylic acid groups (broad SMARTS) is 2. The molecule has 0 aromatic carbocycles. The predicted molar refractivity (Wildman–Crippen MR) is 128 cm³/mol. The lowest BCUT2D eigenvalue weighted by Gasteiger charge is -2.25. The monoisotopic (exact) mass is 532 g/mol. The van der Waals surface area contributed by atoms with Crippen molar-refractivity contribution in [2.24, 2.45) is 27.9 Å². The van der Waals surface area contributed by atoms with Crippen molar-refractivity contribution in [1.29, 1.82) is 0 Å². The molecule has 0 aromatic heterocycles. The lowest BCUT2D eigenvalue weighted by molar-refractivity contribution is -0.142. The van der Waals surface area contributed by atoms with Crippen molar-refractivity contribution < 1.29 is 44.1 Å². The molecule has 17 heteroatoms. The van der Waals surface area contributed by atoms with Crippen LogP contribution in [0.5, 0.6) is 0 Å². The Balaban J connectivity index is 5.61. The van der Waals surface area contributed by atoms with E-state index in [4.69, 9.17) is 28.0 Å². The molecule has 0 heterocycles. The minimum Gasteiger partial charge on any atom is -0.481 e. The zero-order valence-corrected chi connectivity index (χ0v) is 20.4. The maximum Gasteiger partial charge on any atom is 0.326 e. The van der Waals surface area contributed by atoms with Crippen molar-refractivity contribution in [3.63, 3.8) is 0 Å². The van der Waals surface area contributed by atoms with Crippen LogP contribution >= 0.6 is 0 Å². The Morgan fingerprint density at radius 2 is 1.27 bits per heavy atom. The first-order chi connectivity index (χ1) is 17.1. The second-order valence-corrected chi connectivity index (χ2v) is 8.17. The molecule has 0 aliphatic rings. The first kappa shape index (κ1) is 33.0. The Labute approximate surface area is 212 Å². The number of carboxylic acids is 2. The quantitative estimate of drug-likeness (QED) is 0.0453. The molecule has 0 radical (unpaired) electrons.